The molecule has 134 valence electrons. The zero-order valence-corrected chi connectivity index (χ0v) is 13.9. The molecule has 2 amide bonds. The molecule has 0 fully saturated rings. The number of nitrogens with one attached hydrogen (secondary N) is 2. The van der Waals surface area contributed by atoms with Crippen LogP contribution in [0.3, 0.4) is 0 Å². The van der Waals surface area contributed by atoms with E-state index in [-0.39, 0.29) is 17.8 Å². The topological polar surface area (TPSA) is 128 Å². The molecule has 1 aromatic rings. The van der Waals surface area contributed by atoms with E-state index in [1.807, 2.05) is 0 Å². The number of benzene rings is 1. The minimum Gasteiger partial charge on any atom is -0.451 e. The highest BCUT2D eigenvalue weighted by Crippen LogP contribution is 2.13. The summed E-state index contributed by atoms with van der Waals surface area (Å²) < 4.78 is 4.96. The summed E-state index contributed by atoms with van der Waals surface area (Å²) in [5, 5.41) is 15.6. The third-order valence-corrected chi connectivity index (χ3v) is 3.10. The highest BCUT2D eigenvalue weighted by molar-refractivity contribution is 5.97. The fourth-order valence-electron chi connectivity index (χ4n) is 1.75. The largest absolute Gasteiger partial charge is 0.451 e. The highest BCUT2D eigenvalue weighted by atomic mass is 16.6. The van der Waals surface area contributed by atoms with Crippen LogP contribution >= 0.6 is 0 Å². The number of nitrogens with zero attached hydrogens (tertiary/aromatic N) is 1. The second kappa shape index (κ2) is 9.16. The number of non-ortho nitro benzene ring substituents is 1. The molecule has 0 aliphatic heterocycles. The van der Waals surface area contributed by atoms with Crippen LogP contribution in [-0.2, 0) is 14.3 Å². The molecule has 1 rings (SSSR count). The predicted octanol–water partition coefficient (Wildman–Crippen LogP) is 0.947. The predicted molar refractivity (Wildman–Crippen MR) is 88.8 cm³/mol. The third-order valence-electron chi connectivity index (χ3n) is 3.10. The van der Waals surface area contributed by atoms with Gasteiger partial charge in [-0.3, -0.25) is 19.7 Å². The lowest BCUT2D eigenvalue weighted by molar-refractivity contribution is -0.384. The molecule has 0 saturated carbocycles. The number of ether oxygens (including phenoxy) is 1. The lowest BCUT2D eigenvalue weighted by Gasteiger charge is -2.17. The molecule has 0 radical (unpaired) electrons. The van der Waals surface area contributed by atoms with Gasteiger partial charge in [-0.15, -0.1) is 6.58 Å². The number of rotatable bonds is 8. The molecule has 0 unspecified atom stereocenters. The number of carbonyl (C=O) groups is 3. The van der Waals surface area contributed by atoms with Crippen LogP contribution < -0.4 is 10.6 Å². The van der Waals surface area contributed by atoms with Gasteiger partial charge in [0.15, 0.2) is 6.10 Å². The van der Waals surface area contributed by atoms with Gasteiger partial charge < -0.3 is 15.4 Å². The van der Waals surface area contributed by atoms with Crippen molar-refractivity contribution in [1.29, 1.82) is 0 Å². The first-order valence-corrected chi connectivity index (χ1v) is 7.40. The first-order chi connectivity index (χ1) is 11.8. The highest BCUT2D eigenvalue weighted by Gasteiger charge is 2.23. The summed E-state index contributed by atoms with van der Waals surface area (Å²) in [5.74, 6) is -1.97. The first-order valence-electron chi connectivity index (χ1n) is 7.40. The van der Waals surface area contributed by atoms with E-state index in [1.54, 1.807) is 0 Å². The normalized spacial score (nSPS) is 12.4. The van der Waals surface area contributed by atoms with Gasteiger partial charge >= 0.3 is 5.97 Å². The van der Waals surface area contributed by atoms with Gasteiger partial charge in [0.1, 0.15) is 6.04 Å². The Labute approximate surface area is 144 Å². The molecule has 2 atom stereocenters. The molecule has 0 aliphatic carbocycles. The van der Waals surface area contributed by atoms with Crippen LogP contribution in [0.25, 0.3) is 0 Å². The lowest BCUT2D eigenvalue weighted by atomic mass is 10.2. The monoisotopic (exact) mass is 349 g/mol. The molecule has 0 bridgehead atoms. The van der Waals surface area contributed by atoms with E-state index >= 15 is 0 Å². The zero-order valence-electron chi connectivity index (χ0n) is 13.9. The van der Waals surface area contributed by atoms with Crippen LogP contribution in [0.2, 0.25) is 0 Å². The number of hydrogen-bond donors (Lipinski definition) is 2. The molecule has 0 aromatic heterocycles. The fourth-order valence-corrected chi connectivity index (χ4v) is 1.75. The smallest absolute Gasteiger partial charge is 0.329 e. The summed E-state index contributed by atoms with van der Waals surface area (Å²) in [7, 11) is 0. The van der Waals surface area contributed by atoms with Crippen molar-refractivity contribution in [2.75, 3.05) is 6.54 Å². The summed E-state index contributed by atoms with van der Waals surface area (Å²) in [4.78, 5) is 45.7. The summed E-state index contributed by atoms with van der Waals surface area (Å²) in [6, 6.07) is 4.05. The van der Waals surface area contributed by atoms with E-state index in [0.717, 1.165) is 6.07 Å². The Morgan fingerprint density at radius 2 is 2.04 bits per heavy atom. The van der Waals surface area contributed by atoms with Gasteiger partial charge in [0.2, 0.25) is 0 Å². The van der Waals surface area contributed by atoms with E-state index in [1.165, 1.54) is 38.1 Å². The number of esters is 1. The van der Waals surface area contributed by atoms with Crippen LogP contribution in [0, 0.1) is 10.1 Å². The van der Waals surface area contributed by atoms with E-state index in [2.05, 4.69) is 17.2 Å². The quantitative estimate of drug-likeness (QED) is 0.311. The Kier molecular flexibility index (Phi) is 7.26. The third kappa shape index (κ3) is 6.05. The Hall–Kier alpha value is -3.23. The van der Waals surface area contributed by atoms with Crippen LogP contribution in [0.1, 0.15) is 24.2 Å². The number of hydrogen-bond acceptors (Lipinski definition) is 6. The van der Waals surface area contributed by atoms with Gasteiger partial charge in [-0.05, 0) is 19.9 Å². The number of nitro groups is 1. The van der Waals surface area contributed by atoms with Crippen molar-refractivity contribution in [3.05, 3.63) is 52.6 Å². The molecular formula is C16H19N3O6. The van der Waals surface area contributed by atoms with Crippen LogP contribution in [0.5, 0.6) is 0 Å². The van der Waals surface area contributed by atoms with E-state index in [9.17, 15) is 24.5 Å². The number of carbonyl (C=O) groups excluding carboxylic acids is 3. The van der Waals surface area contributed by atoms with Crippen molar-refractivity contribution in [1.82, 2.24) is 10.6 Å². The van der Waals surface area contributed by atoms with Crippen molar-refractivity contribution in [2.24, 2.45) is 0 Å². The first kappa shape index (κ1) is 19.8. The van der Waals surface area contributed by atoms with Gasteiger partial charge in [0.05, 0.1) is 4.92 Å². The van der Waals surface area contributed by atoms with Crippen LogP contribution in [0.4, 0.5) is 5.69 Å². The molecule has 9 heteroatoms. The van der Waals surface area contributed by atoms with Crippen molar-refractivity contribution in [2.45, 2.75) is 26.0 Å². The molecule has 2 N–H and O–H groups in total. The van der Waals surface area contributed by atoms with Crippen molar-refractivity contribution in [3.8, 4) is 0 Å². The maximum atomic E-state index is 12.1. The van der Waals surface area contributed by atoms with Gasteiger partial charge in [-0.1, -0.05) is 12.1 Å². The fraction of sp³-hybridized carbons (Fsp3) is 0.312. The van der Waals surface area contributed by atoms with Crippen LogP contribution in [0.15, 0.2) is 36.9 Å². The van der Waals surface area contributed by atoms with Crippen LogP contribution in [-0.4, -0.2) is 41.4 Å². The van der Waals surface area contributed by atoms with Gasteiger partial charge in [0.25, 0.3) is 17.5 Å². The average Bonchev–Trinajstić information content (AvgIpc) is 2.59. The average molecular weight is 349 g/mol. The molecule has 25 heavy (non-hydrogen) atoms. The minimum atomic E-state index is -1.04. The van der Waals surface area contributed by atoms with Gasteiger partial charge in [0, 0.05) is 24.2 Å². The van der Waals surface area contributed by atoms with E-state index in [4.69, 9.17) is 4.74 Å². The Bertz CT molecular complexity index is 688. The second-order valence-corrected chi connectivity index (χ2v) is 5.12. The zero-order chi connectivity index (χ0) is 19.0. The number of amides is 2. The Morgan fingerprint density at radius 1 is 1.36 bits per heavy atom. The summed E-state index contributed by atoms with van der Waals surface area (Å²) in [5.41, 5.74) is -0.207. The molecule has 0 aliphatic rings. The molecule has 1 aromatic carbocycles. The van der Waals surface area contributed by atoms with Crippen molar-refractivity contribution < 1.29 is 24.0 Å². The molecular weight excluding hydrogens is 330 g/mol. The Balaban J connectivity index is 2.63. The SMILES string of the molecule is C=CCNC(=O)[C@H](C)OC(=O)[C@H](C)NC(=O)c1cccc([N+](=O)[O-])c1. The maximum Gasteiger partial charge on any atom is 0.329 e. The van der Waals surface area contributed by atoms with Crippen molar-refractivity contribution in [3.63, 3.8) is 0 Å². The molecule has 0 saturated heterocycles. The minimum absolute atomic E-state index is 0.0330. The van der Waals surface area contributed by atoms with Gasteiger partial charge in [-0.25, -0.2) is 4.79 Å². The molecule has 0 heterocycles. The maximum absolute atomic E-state index is 12.1. The number of nitro benzene ring substituents is 1. The van der Waals surface area contributed by atoms with Gasteiger partial charge in [-0.2, -0.15) is 0 Å². The molecule has 0 spiro atoms. The van der Waals surface area contributed by atoms with Crippen molar-refractivity contribution >= 4 is 23.5 Å². The lowest BCUT2D eigenvalue weighted by Crippen LogP contribution is -2.43. The molecule has 9 nitrogen and oxygen atoms in total. The van der Waals surface area contributed by atoms with E-state index < -0.39 is 34.9 Å². The summed E-state index contributed by atoms with van der Waals surface area (Å²) >= 11 is 0. The second-order valence-electron chi connectivity index (χ2n) is 5.12. The standard InChI is InChI=1S/C16H19N3O6/c1-4-8-17-14(20)11(3)25-16(22)10(2)18-15(21)12-6-5-7-13(9-12)19(23)24/h4-7,9-11H,1,8H2,2-3H3,(H,17,20)(H,18,21)/t10-,11-/m0/s1. The Morgan fingerprint density at radius 3 is 2.64 bits per heavy atom. The van der Waals surface area contributed by atoms with E-state index in [0.29, 0.717) is 0 Å². The summed E-state index contributed by atoms with van der Waals surface area (Å²) in [6.45, 7) is 6.46. The summed E-state index contributed by atoms with van der Waals surface area (Å²) in [6.07, 6.45) is 0.443.